The smallest absolute Gasteiger partial charge is 0.414 e. The van der Waals surface area contributed by atoms with Gasteiger partial charge in [0.1, 0.15) is 17.7 Å². The van der Waals surface area contributed by atoms with Crippen molar-refractivity contribution in [2.24, 2.45) is 0 Å². The first kappa shape index (κ1) is 22.1. The van der Waals surface area contributed by atoms with Gasteiger partial charge in [-0.2, -0.15) is 5.10 Å². The number of hydrogen-bond acceptors (Lipinski definition) is 5. The summed E-state index contributed by atoms with van der Waals surface area (Å²) in [4.78, 5) is 32.7. The topological polar surface area (TPSA) is 105 Å². The van der Waals surface area contributed by atoms with E-state index in [9.17, 15) is 14.0 Å². The van der Waals surface area contributed by atoms with Crippen LogP contribution >= 0.6 is 23.2 Å². The molecule has 4 rings (SSSR count). The molecule has 1 fully saturated rings. The van der Waals surface area contributed by atoms with Gasteiger partial charge in [-0.15, -0.1) is 0 Å². The number of imidazole rings is 1. The number of carbonyl (C=O) groups excluding carboxylic acids is 2. The zero-order valence-electron chi connectivity index (χ0n) is 16.9. The average Bonchev–Trinajstić information content (AvgIpc) is 3.47. The Morgan fingerprint density at radius 3 is 2.94 bits per heavy atom. The third-order valence-corrected chi connectivity index (χ3v) is 5.14. The van der Waals surface area contributed by atoms with Crippen molar-refractivity contribution in [2.45, 2.75) is 23.9 Å². The summed E-state index contributed by atoms with van der Waals surface area (Å²) in [5.41, 5.74) is 1.29. The minimum absolute atomic E-state index is 0.0299. The predicted molar refractivity (Wildman–Crippen MR) is 116 cm³/mol. The van der Waals surface area contributed by atoms with E-state index >= 15 is 0 Å². The highest BCUT2D eigenvalue weighted by atomic mass is 35.5. The van der Waals surface area contributed by atoms with E-state index in [4.69, 9.17) is 27.9 Å². The van der Waals surface area contributed by atoms with Crippen LogP contribution in [0.1, 0.15) is 12.6 Å². The van der Waals surface area contributed by atoms with Gasteiger partial charge in [0.25, 0.3) is 5.91 Å². The van der Waals surface area contributed by atoms with Crippen LogP contribution in [-0.4, -0.2) is 55.3 Å². The predicted octanol–water partition coefficient (Wildman–Crippen LogP) is 3.10. The van der Waals surface area contributed by atoms with Crippen LogP contribution in [0.5, 0.6) is 0 Å². The van der Waals surface area contributed by atoms with Crippen LogP contribution in [0, 0.1) is 5.82 Å². The molecule has 1 aliphatic heterocycles. The van der Waals surface area contributed by atoms with Gasteiger partial charge in [-0.3, -0.25) is 14.4 Å². The van der Waals surface area contributed by atoms with Gasteiger partial charge in [0.15, 0.2) is 4.33 Å². The molecule has 1 aromatic carbocycles. The lowest BCUT2D eigenvalue weighted by molar-refractivity contribution is -0.121. The Kier molecular flexibility index (Phi) is 6.07. The summed E-state index contributed by atoms with van der Waals surface area (Å²) in [6.07, 6.45) is 3.89. The number of nitrogens with zero attached hydrogens (tertiary/aromatic N) is 4. The Bertz CT molecular complexity index is 1130. The molecular formula is C20H19Cl2FN6O3. The average molecular weight is 481 g/mol. The number of nitrogens with one attached hydrogen (secondary N) is 2. The van der Waals surface area contributed by atoms with Gasteiger partial charge >= 0.3 is 6.09 Å². The molecule has 3 aromatic rings. The van der Waals surface area contributed by atoms with E-state index in [1.54, 1.807) is 29.2 Å². The Morgan fingerprint density at radius 2 is 2.25 bits per heavy atom. The summed E-state index contributed by atoms with van der Waals surface area (Å²) >= 11 is 11.4. The molecule has 1 unspecified atom stereocenters. The molecule has 2 N–H and O–H groups in total. The molecule has 168 valence electrons. The molecule has 2 amide bonds. The lowest BCUT2D eigenvalue weighted by atomic mass is 10.1. The molecule has 32 heavy (non-hydrogen) atoms. The number of aromatic nitrogens is 4. The van der Waals surface area contributed by atoms with E-state index < -0.39 is 28.3 Å². The van der Waals surface area contributed by atoms with E-state index in [0.717, 1.165) is 0 Å². The highest BCUT2D eigenvalue weighted by Gasteiger charge is 2.34. The first-order valence-electron chi connectivity index (χ1n) is 9.66. The van der Waals surface area contributed by atoms with E-state index in [0.29, 0.717) is 23.8 Å². The molecule has 1 saturated heterocycles. The van der Waals surface area contributed by atoms with Crippen LogP contribution < -0.4 is 10.2 Å². The SMILES string of the molecule is CC(Cl)(Cl)C(=O)NCC1CN(c2ccc(-c3nc(Cn4cccn4)c[nH]3)c(F)c2)C(=O)O1. The standard InChI is InChI=1S/C20H19Cl2FN6O3/c1-20(21,22)18(30)25-9-14-11-29(19(31)32-14)13-3-4-15(16(23)7-13)17-24-8-12(27-17)10-28-6-2-5-26-28/h2-8,14H,9-11H2,1H3,(H,24,27)(H,25,30). The van der Waals surface area contributed by atoms with Crippen LogP contribution in [-0.2, 0) is 16.1 Å². The van der Waals surface area contributed by atoms with E-state index in [1.807, 2.05) is 6.20 Å². The van der Waals surface area contributed by atoms with E-state index in [1.165, 1.54) is 24.0 Å². The van der Waals surface area contributed by atoms with Crippen molar-refractivity contribution in [3.8, 4) is 11.4 Å². The number of ether oxygens (including phenoxy) is 1. The summed E-state index contributed by atoms with van der Waals surface area (Å²) in [7, 11) is 0. The Hall–Kier alpha value is -3.11. The third-order valence-electron chi connectivity index (χ3n) is 4.80. The number of hydrogen-bond donors (Lipinski definition) is 2. The summed E-state index contributed by atoms with van der Waals surface area (Å²) in [6, 6.07) is 6.18. The van der Waals surface area contributed by atoms with Gasteiger partial charge < -0.3 is 15.0 Å². The fourth-order valence-corrected chi connectivity index (χ4v) is 3.34. The van der Waals surface area contributed by atoms with Crippen molar-refractivity contribution in [1.29, 1.82) is 0 Å². The quantitative estimate of drug-likeness (QED) is 0.505. The first-order chi connectivity index (χ1) is 15.2. The minimum Gasteiger partial charge on any atom is -0.442 e. The monoisotopic (exact) mass is 480 g/mol. The molecule has 12 heteroatoms. The normalized spacial score (nSPS) is 16.3. The van der Waals surface area contributed by atoms with Crippen LogP contribution in [0.3, 0.4) is 0 Å². The number of carbonyl (C=O) groups is 2. The van der Waals surface area contributed by atoms with Gasteiger partial charge in [0, 0.05) is 18.6 Å². The first-order valence-corrected chi connectivity index (χ1v) is 10.4. The Balaban J connectivity index is 1.42. The molecule has 9 nitrogen and oxygen atoms in total. The van der Waals surface area contributed by atoms with Gasteiger partial charge in [-0.25, -0.2) is 14.2 Å². The summed E-state index contributed by atoms with van der Waals surface area (Å²) in [5, 5.41) is 6.64. The lowest BCUT2D eigenvalue weighted by Gasteiger charge is -2.16. The number of rotatable bonds is 7. The largest absolute Gasteiger partial charge is 0.442 e. The van der Waals surface area contributed by atoms with E-state index in [-0.39, 0.29) is 18.7 Å². The molecule has 0 spiro atoms. The van der Waals surface area contributed by atoms with Crippen LogP contribution in [0.15, 0.2) is 42.9 Å². The van der Waals surface area contributed by atoms with Gasteiger partial charge in [0.05, 0.1) is 36.6 Å². The second kappa shape index (κ2) is 8.79. The molecule has 0 aliphatic carbocycles. The molecular weight excluding hydrogens is 462 g/mol. The van der Waals surface area contributed by atoms with Crippen molar-refractivity contribution >= 4 is 40.9 Å². The van der Waals surface area contributed by atoms with E-state index in [2.05, 4.69) is 20.4 Å². The number of aromatic amines is 1. The third kappa shape index (κ3) is 4.86. The van der Waals surface area contributed by atoms with Crippen molar-refractivity contribution in [1.82, 2.24) is 25.1 Å². The van der Waals surface area contributed by atoms with Crippen LogP contribution in [0.25, 0.3) is 11.4 Å². The number of anilines is 1. The second-order valence-corrected chi connectivity index (χ2v) is 9.03. The number of halogens is 3. The van der Waals surface area contributed by atoms with Crippen molar-refractivity contribution in [3.63, 3.8) is 0 Å². The lowest BCUT2D eigenvalue weighted by Crippen LogP contribution is -2.41. The molecule has 3 heterocycles. The highest BCUT2D eigenvalue weighted by molar-refractivity contribution is 6.57. The Labute approximate surface area is 192 Å². The number of H-pyrrole nitrogens is 1. The maximum absolute atomic E-state index is 14.8. The summed E-state index contributed by atoms with van der Waals surface area (Å²) in [5.74, 6) is -0.783. The molecule has 0 radical (unpaired) electrons. The zero-order chi connectivity index (χ0) is 22.9. The van der Waals surface area contributed by atoms with Crippen LogP contribution in [0.2, 0.25) is 0 Å². The van der Waals surface area contributed by atoms with Crippen molar-refractivity contribution < 1.29 is 18.7 Å². The molecule has 1 atom stereocenters. The summed E-state index contributed by atoms with van der Waals surface area (Å²) in [6.45, 7) is 1.95. The fraction of sp³-hybridized carbons (Fsp3) is 0.300. The maximum atomic E-state index is 14.8. The van der Waals surface area contributed by atoms with Gasteiger partial charge in [-0.05, 0) is 31.2 Å². The highest BCUT2D eigenvalue weighted by Crippen LogP contribution is 2.28. The van der Waals surface area contributed by atoms with Gasteiger partial charge in [0.2, 0.25) is 0 Å². The minimum atomic E-state index is -1.59. The Morgan fingerprint density at radius 1 is 1.44 bits per heavy atom. The summed E-state index contributed by atoms with van der Waals surface area (Å²) < 4.78 is 20.2. The maximum Gasteiger partial charge on any atom is 0.414 e. The van der Waals surface area contributed by atoms with Crippen molar-refractivity contribution in [3.05, 3.63) is 54.4 Å². The molecule has 0 saturated carbocycles. The second-order valence-electron chi connectivity index (χ2n) is 7.32. The molecule has 2 aromatic heterocycles. The van der Waals surface area contributed by atoms with Crippen molar-refractivity contribution in [2.75, 3.05) is 18.0 Å². The fourth-order valence-electron chi connectivity index (χ4n) is 3.20. The molecule has 1 aliphatic rings. The number of cyclic esters (lactones) is 1. The van der Waals surface area contributed by atoms with Gasteiger partial charge in [-0.1, -0.05) is 23.2 Å². The zero-order valence-corrected chi connectivity index (χ0v) is 18.4. The number of amides is 2. The number of benzene rings is 1. The number of alkyl halides is 2. The van der Waals surface area contributed by atoms with Crippen LogP contribution in [0.4, 0.5) is 14.9 Å². The molecule has 0 bridgehead atoms.